The summed E-state index contributed by atoms with van der Waals surface area (Å²) in [5, 5.41) is 14.6. The molecule has 0 spiro atoms. The Morgan fingerprint density at radius 3 is 2.86 bits per heavy atom. The highest BCUT2D eigenvalue weighted by atomic mass is 32.1. The number of hydrogen-bond donors (Lipinski definition) is 3. The number of nitrogens with one attached hydrogen (secondary N) is 2. The van der Waals surface area contributed by atoms with E-state index in [1.165, 1.54) is 18.6 Å². The Balaban J connectivity index is 1.64. The number of nitrogens with zero attached hydrogens (tertiary/aromatic N) is 2. The Kier molecular flexibility index (Phi) is 4.69. The highest BCUT2D eigenvalue weighted by Gasteiger charge is 2.17. The molecule has 0 aliphatic heterocycles. The maximum Gasteiger partial charge on any atom is 0.338 e. The molecule has 28 heavy (non-hydrogen) atoms. The van der Waals surface area contributed by atoms with Crippen molar-refractivity contribution in [1.82, 2.24) is 15.0 Å². The van der Waals surface area contributed by atoms with Crippen molar-refractivity contribution in [1.29, 1.82) is 0 Å². The second-order valence-corrected chi connectivity index (χ2v) is 6.85. The fourth-order valence-electron chi connectivity index (χ4n) is 2.82. The lowest BCUT2D eigenvalue weighted by molar-refractivity contribution is -0.111. The maximum atomic E-state index is 12.2. The van der Waals surface area contributed by atoms with E-state index in [0.29, 0.717) is 28.0 Å². The molecule has 1 amide bonds. The van der Waals surface area contributed by atoms with E-state index in [0.717, 1.165) is 4.88 Å². The summed E-state index contributed by atoms with van der Waals surface area (Å²) in [6.45, 7) is 0. The summed E-state index contributed by atoms with van der Waals surface area (Å²) in [6, 6.07) is 10.9. The average molecular weight is 390 g/mol. The first-order chi connectivity index (χ1) is 13.6. The molecule has 0 saturated heterocycles. The summed E-state index contributed by atoms with van der Waals surface area (Å²) in [4.78, 5) is 35.8. The molecular formula is C20H14N4O3S. The molecule has 0 aliphatic carbocycles. The lowest BCUT2D eigenvalue weighted by Gasteiger charge is -2.07. The second-order valence-electron chi connectivity index (χ2n) is 5.87. The average Bonchev–Trinajstić information content (AvgIpc) is 3.36. The number of carboxylic acid groups (broad SMARTS) is 1. The number of anilines is 1. The van der Waals surface area contributed by atoms with E-state index >= 15 is 0 Å². The van der Waals surface area contributed by atoms with Gasteiger partial charge < -0.3 is 15.4 Å². The zero-order valence-electron chi connectivity index (χ0n) is 14.4. The summed E-state index contributed by atoms with van der Waals surface area (Å²) in [5.41, 5.74) is 2.27. The van der Waals surface area contributed by atoms with E-state index in [1.54, 1.807) is 41.7 Å². The van der Waals surface area contributed by atoms with Gasteiger partial charge in [-0.2, -0.15) is 0 Å². The number of benzene rings is 1. The van der Waals surface area contributed by atoms with Crippen LogP contribution in [0.3, 0.4) is 0 Å². The van der Waals surface area contributed by atoms with Gasteiger partial charge in [-0.15, -0.1) is 11.3 Å². The highest BCUT2D eigenvalue weighted by molar-refractivity contribution is 7.10. The van der Waals surface area contributed by atoms with Gasteiger partial charge in [-0.1, -0.05) is 18.2 Å². The van der Waals surface area contributed by atoms with E-state index in [1.807, 2.05) is 17.5 Å². The molecule has 4 aromatic rings. The molecule has 0 fully saturated rings. The Bertz CT molecular complexity index is 1200. The van der Waals surface area contributed by atoms with Gasteiger partial charge in [0.15, 0.2) is 0 Å². The number of H-pyrrole nitrogens is 1. The third-order valence-electron chi connectivity index (χ3n) is 4.05. The van der Waals surface area contributed by atoms with Crippen molar-refractivity contribution in [3.05, 3.63) is 70.8 Å². The second kappa shape index (κ2) is 7.45. The molecule has 0 atom stereocenters. The van der Waals surface area contributed by atoms with Crippen LogP contribution in [0.2, 0.25) is 0 Å². The number of aromatic amines is 1. The number of carboxylic acids is 1. The van der Waals surface area contributed by atoms with E-state index < -0.39 is 5.97 Å². The predicted octanol–water partition coefficient (Wildman–Crippen LogP) is 4.04. The normalized spacial score (nSPS) is 11.1. The van der Waals surface area contributed by atoms with E-state index in [4.69, 9.17) is 0 Å². The van der Waals surface area contributed by atoms with Gasteiger partial charge >= 0.3 is 5.97 Å². The summed E-state index contributed by atoms with van der Waals surface area (Å²) in [7, 11) is 0. The molecular weight excluding hydrogens is 376 g/mol. The van der Waals surface area contributed by atoms with Crippen LogP contribution in [0.25, 0.3) is 28.4 Å². The van der Waals surface area contributed by atoms with Crippen LogP contribution in [0.4, 0.5) is 5.69 Å². The lowest BCUT2D eigenvalue weighted by Crippen LogP contribution is -2.07. The smallest absolute Gasteiger partial charge is 0.338 e. The third-order valence-corrected chi connectivity index (χ3v) is 4.88. The van der Waals surface area contributed by atoms with Crippen molar-refractivity contribution in [2.75, 3.05) is 5.32 Å². The van der Waals surface area contributed by atoms with Crippen molar-refractivity contribution in [2.45, 2.75) is 0 Å². The van der Waals surface area contributed by atoms with Gasteiger partial charge in [0.05, 0.1) is 16.6 Å². The Hall–Kier alpha value is -3.78. The SMILES string of the molecule is O=C(/C=C/c1cccs1)Nc1cccc(-c2ncnc3[nH]cc(C(=O)O)c23)c1. The molecule has 8 heteroatoms. The Morgan fingerprint density at radius 2 is 2.07 bits per heavy atom. The number of amides is 1. The molecule has 0 bridgehead atoms. The number of thiophene rings is 1. The van der Waals surface area contributed by atoms with Crippen LogP contribution in [-0.4, -0.2) is 31.9 Å². The zero-order valence-corrected chi connectivity index (χ0v) is 15.2. The maximum absolute atomic E-state index is 12.2. The molecule has 138 valence electrons. The Labute approximate surface area is 163 Å². The minimum Gasteiger partial charge on any atom is -0.478 e. The molecule has 7 nitrogen and oxygen atoms in total. The van der Waals surface area contributed by atoms with Gasteiger partial charge in [0.25, 0.3) is 0 Å². The lowest BCUT2D eigenvalue weighted by atomic mass is 10.1. The molecule has 1 aromatic carbocycles. The van der Waals surface area contributed by atoms with E-state index in [-0.39, 0.29) is 11.5 Å². The first-order valence-electron chi connectivity index (χ1n) is 8.30. The van der Waals surface area contributed by atoms with Crippen molar-refractivity contribution in [3.8, 4) is 11.3 Å². The van der Waals surface area contributed by atoms with Crippen LogP contribution in [0.1, 0.15) is 15.2 Å². The standard InChI is InChI=1S/C20H14N4O3S/c25-16(7-6-14-5-2-8-28-14)24-13-4-1-3-12(9-13)18-17-15(20(26)27)10-21-19(17)23-11-22-18/h1-11H,(H,24,25)(H,26,27)(H,21,22,23)/b7-6+. The number of aromatic nitrogens is 3. The predicted molar refractivity (Wildman–Crippen MR) is 108 cm³/mol. The molecule has 0 saturated carbocycles. The summed E-state index contributed by atoms with van der Waals surface area (Å²) >= 11 is 1.54. The van der Waals surface area contributed by atoms with Gasteiger partial charge in [0.2, 0.25) is 5.91 Å². The fourth-order valence-corrected chi connectivity index (χ4v) is 3.44. The first-order valence-corrected chi connectivity index (χ1v) is 9.18. The van der Waals surface area contributed by atoms with Crippen LogP contribution >= 0.6 is 11.3 Å². The monoisotopic (exact) mass is 390 g/mol. The van der Waals surface area contributed by atoms with Crippen LogP contribution in [0, 0.1) is 0 Å². The summed E-state index contributed by atoms with van der Waals surface area (Å²) < 4.78 is 0. The molecule has 0 radical (unpaired) electrons. The van der Waals surface area contributed by atoms with Gasteiger partial charge in [0, 0.05) is 28.4 Å². The Morgan fingerprint density at radius 1 is 1.18 bits per heavy atom. The highest BCUT2D eigenvalue weighted by Crippen LogP contribution is 2.29. The van der Waals surface area contributed by atoms with Crippen molar-refractivity contribution < 1.29 is 14.7 Å². The van der Waals surface area contributed by atoms with Crippen molar-refractivity contribution in [3.63, 3.8) is 0 Å². The number of hydrogen-bond acceptors (Lipinski definition) is 5. The van der Waals surface area contributed by atoms with Gasteiger partial charge in [-0.05, 0) is 29.7 Å². The largest absolute Gasteiger partial charge is 0.478 e. The number of fused-ring (bicyclic) bond motifs is 1. The minimum atomic E-state index is -1.06. The zero-order chi connectivity index (χ0) is 19.5. The van der Waals surface area contributed by atoms with Crippen molar-refractivity contribution in [2.24, 2.45) is 0 Å². The third kappa shape index (κ3) is 3.53. The molecule has 3 N–H and O–H groups in total. The number of carbonyl (C=O) groups excluding carboxylic acids is 1. The van der Waals surface area contributed by atoms with Crippen LogP contribution in [-0.2, 0) is 4.79 Å². The van der Waals surface area contributed by atoms with Crippen LogP contribution in [0.5, 0.6) is 0 Å². The minimum absolute atomic E-state index is 0.0962. The molecule has 3 heterocycles. The van der Waals surface area contributed by atoms with Gasteiger partial charge in [-0.25, -0.2) is 14.8 Å². The molecule has 3 aromatic heterocycles. The molecule has 0 aliphatic rings. The fraction of sp³-hybridized carbons (Fsp3) is 0. The number of aromatic carboxylic acids is 1. The van der Waals surface area contributed by atoms with Crippen LogP contribution in [0.15, 0.2) is 60.4 Å². The quantitative estimate of drug-likeness (QED) is 0.446. The van der Waals surface area contributed by atoms with Crippen LogP contribution < -0.4 is 5.32 Å². The van der Waals surface area contributed by atoms with E-state index in [2.05, 4.69) is 20.3 Å². The van der Waals surface area contributed by atoms with Gasteiger partial charge in [0.1, 0.15) is 12.0 Å². The van der Waals surface area contributed by atoms with Crippen molar-refractivity contribution >= 4 is 46.0 Å². The summed E-state index contributed by atoms with van der Waals surface area (Å²) in [5.74, 6) is -1.32. The summed E-state index contributed by atoms with van der Waals surface area (Å²) in [6.07, 6.45) is 5.98. The number of rotatable bonds is 5. The number of carbonyl (C=O) groups is 2. The van der Waals surface area contributed by atoms with Gasteiger partial charge in [-0.3, -0.25) is 4.79 Å². The van der Waals surface area contributed by atoms with E-state index in [9.17, 15) is 14.7 Å². The topological polar surface area (TPSA) is 108 Å². The molecule has 0 unspecified atom stereocenters. The first kappa shape index (κ1) is 17.6. The molecule has 4 rings (SSSR count).